The van der Waals surface area contributed by atoms with Crippen molar-refractivity contribution in [3.05, 3.63) is 0 Å². The Morgan fingerprint density at radius 1 is 1.22 bits per heavy atom. The zero-order chi connectivity index (χ0) is 6.62. The summed E-state index contributed by atoms with van der Waals surface area (Å²) in [7, 11) is 6.17. The summed E-state index contributed by atoms with van der Waals surface area (Å²) in [6.45, 7) is 2.06. The predicted octanol–water partition coefficient (Wildman–Crippen LogP) is -1.93. The van der Waals surface area contributed by atoms with E-state index in [0.717, 1.165) is 10.9 Å². The molecule has 0 saturated carbocycles. The summed E-state index contributed by atoms with van der Waals surface area (Å²) >= 11 is 0. The highest BCUT2D eigenvalue weighted by Crippen LogP contribution is 1.83. The molecule has 0 atom stereocenters. The van der Waals surface area contributed by atoms with Crippen molar-refractivity contribution < 1.29 is 16.9 Å². The third-order valence-electron chi connectivity index (χ3n) is 0.591. The van der Waals surface area contributed by atoms with E-state index in [1.807, 2.05) is 0 Å². The molecule has 0 aromatic carbocycles. The Balaban J connectivity index is 0. The quantitative estimate of drug-likeness (QED) is 0.277. The van der Waals surface area contributed by atoms with Gasteiger partial charge in [0, 0.05) is 6.42 Å². The average Bonchev–Trinajstić information content (AvgIpc) is 1.59. The monoisotopic (exact) mass is 147 g/mol. The van der Waals surface area contributed by atoms with Gasteiger partial charge >= 0.3 is 0 Å². The van der Waals surface area contributed by atoms with E-state index in [0.29, 0.717) is 0 Å². The van der Waals surface area contributed by atoms with Crippen molar-refractivity contribution in [3.8, 4) is 12.0 Å². The molecule has 9 heavy (non-hydrogen) atoms. The molecule has 0 aliphatic carbocycles. The lowest BCUT2D eigenvalue weighted by molar-refractivity contribution is -0.800. The summed E-state index contributed by atoms with van der Waals surface area (Å²) in [6, 6.07) is 3.06. The standard InChI is InChI=1S/C7H14N.ClH/c1-5-6-7-8(2,3)4;/h5H2,1-4H3;1H/q+1;/p-1. The van der Waals surface area contributed by atoms with Crippen LogP contribution in [0.1, 0.15) is 13.3 Å². The van der Waals surface area contributed by atoms with E-state index in [-0.39, 0.29) is 12.4 Å². The molecule has 0 heterocycles. The predicted molar refractivity (Wildman–Crippen MR) is 36.1 cm³/mol. The number of hydrogen-bond donors (Lipinski definition) is 0. The minimum atomic E-state index is 0. The van der Waals surface area contributed by atoms with Crippen molar-refractivity contribution in [1.29, 1.82) is 0 Å². The van der Waals surface area contributed by atoms with E-state index >= 15 is 0 Å². The highest BCUT2D eigenvalue weighted by Gasteiger charge is 1.97. The van der Waals surface area contributed by atoms with Gasteiger partial charge in [0.05, 0.1) is 21.1 Å². The molecule has 0 radical (unpaired) electrons. The fourth-order valence-corrected chi connectivity index (χ4v) is 0.316. The van der Waals surface area contributed by atoms with Crippen LogP contribution in [0.5, 0.6) is 0 Å². The number of halogens is 1. The van der Waals surface area contributed by atoms with Crippen molar-refractivity contribution in [2.24, 2.45) is 0 Å². The van der Waals surface area contributed by atoms with Gasteiger partial charge < -0.3 is 12.4 Å². The first kappa shape index (κ1) is 11.6. The summed E-state index contributed by atoms with van der Waals surface area (Å²) in [4.78, 5) is 0. The second-order valence-corrected chi connectivity index (χ2v) is 2.65. The molecule has 0 spiro atoms. The van der Waals surface area contributed by atoms with Crippen LogP contribution in [0.4, 0.5) is 0 Å². The van der Waals surface area contributed by atoms with E-state index in [1.54, 1.807) is 0 Å². The molecular formula is C7H14ClN. The van der Waals surface area contributed by atoms with Gasteiger partial charge in [-0.3, -0.25) is 4.48 Å². The molecule has 0 unspecified atom stereocenters. The zero-order valence-corrected chi connectivity index (χ0v) is 7.29. The smallest absolute Gasteiger partial charge is 0.136 e. The first-order valence-electron chi connectivity index (χ1n) is 2.88. The van der Waals surface area contributed by atoms with Crippen LogP contribution in [-0.4, -0.2) is 25.6 Å². The molecule has 0 amide bonds. The van der Waals surface area contributed by atoms with Crippen LogP contribution in [0.25, 0.3) is 0 Å². The Bertz CT molecular complexity index is 113. The molecule has 0 bridgehead atoms. The van der Waals surface area contributed by atoms with Crippen LogP contribution in [0, 0.1) is 12.0 Å². The lowest BCUT2D eigenvalue weighted by atomic mass is 10.5. The molecule has 2 heteroatoms. The largest absolute Gasteiger partial charge is 1.00 e. The summed E-state index contributed by atoms with van der Waals surface area (Å²) in [5.41, 5.74) is 0. The molecule has 0 aromatic rings. The summed E-state index contributed by atoms with van der Waals surface area (Å²) in [5, 5.41) is 0. The second-order valence-electron chi connectivity index (χ2n) is 2.65. The summed E-state index contributed by atoms with van der Waals surface area (Å²) in [6.07, 6.45) is 0.954. The van der Waals surface area contributed by atoms with E-state index < -0.39 is 0 Å². The molecule has 0 fully saturated rings. The fraction of sp³-hybridized carbons (Fsp3) is 0.714. The maximum atomic E-state index is 3.06. The van der Waals surface area contributed by atoms with Crippen LogP contribution < -0.4 is 12.4 Å². The number of quaternary nitrogens is 1. The lowest BCUT2D eigenvalue weighted by Crippen LogP contribution is -3.00. The topological polar surface area (TPSA) is 0 Å². The van der Waals surface area contributed by atoms with E-state index in [2.05, 4.69) is 40.0 Å². The molecule has 0 rings (SSSR count). The minimum absolute atomic E-state index is 0. The lowest BCUT2D eigenvalue weighted by Gasteiger charge is -2.11. The molecular weight excluding hydrogens is 134 g/mol. The molecule has 0 aromatic heterocycles. The summed E-state index contributed by atoms with van der Waals surface area (Å²) < 4.78 is 0.744. The first-order chi connectivity index (χ1) is 3.56. The fourth-order valence-electron chi connectivity index (χ4n) is 0.316. The van der Waals surface area contributed by atoms with Crippen LogP contribution in [0.3, 0.4) is 0 Å². The van der Waals surface area contributed by atoms with Crippen LogP contribution >= 0.6 is 0 Å². The maximum Gasteiger partial charge on any atom is 0.136 e. The number of hydrogen-bond acceptors (Lipinski definition) is 0. The number of nitrogens with zero attached hydrogens (tertiary/aromatic N) is 1. The van der Waals surface area contributed by atoms with Gasteiger partial charge in [0.1, 0.15) is 6.04 Å². The van der Waals surface area contributed by atoms with Gasteiger partial charge in [-0.1, -0.05) is 6.92 Å². The van der Waals surface area contributed by atoms with Crippen molar-refractivity contribution in [2.75, 3.05) is 21.1 Å². The van der Waals surface area contributed by atoms with Gasteiger partial charge in [0.15, 0.2) is 0 Å². The Labute approximate surface area is 64.1 Å². The SMILES string of the molecule is CCC#C[N+](C)(C)C.[Cl-]. The van der Waals surface area contributed by atoms with Gasteiger partial charge in [-0.2, -0.15) is 0 Å². The van der Waals surface area contributed by atoms with Crippen LogP contribution in [0.15, 0.2) is 0 Å². The van der Waals surface area contributed by atoms with E-state index in [1.165, 1.54) is 0 Å². The van der Waals surface area contributed by atoms with Crippen LogP contribution in [0.2, 0.25) is 0 Å². The normalized spacial score (nSPS) is 8.89. The minimum Gasteiger partial charge on any atom is -1.00 e. The molecule has 0 N–H and O–H groups in total. The van der Waals surface area contributed by atoms with Crippen molar-refractivity contribution >= 4 is 0 Å². The van der Waals surface area contributed by atoms with Gasteiger partial charge in [-0.25, -0.2) is 0 Å². The van der Waals surface area contributed by atoms with Crippen LogP contribution in [-0.2, 0) is 0 Å². The van der Waals surface area contributed by atoms with Crippen molar-refractivity contribution in [3.63, 3.8) is 0 Å². The van der Waals surface area contributed by atoms with Gasteiger partial charge in [0.2, 0.25) is 0 Å². The van der Waals surface area contributed by atoms with E-state index in [4.69, 9.17) is 0 Å². The third kappa shape index (κ3) is 11.4. The average molecular weight is 148 g/mol. The second kappa shape index (κ2) is 4.67. The Kier molecular flexibility index (Phi) is 6.01. The molecule has 0 aliphatic heterocycles. The highest BCUT2D eigenvalue weighted by atomic mass is 35.5. The van der Waals surface area contributed by atoms with Gasteiger partial charge in [-0.05, 0) is 5.92 Å². The molecule has 54 valence electrons. The van der Waals surface area contributed by atoms with Gasteiger partial charge in [-0.15, -0.1) is 0 Å². The highest BCUT2D eigenvalue weighted by molar-refractivity contribution is 4.89. The Morgan fingerprint density at radius 3 is 1.78 bits per heavy atom. The third-order valence-corrected chi connectivity index (χ3v) is 0.591. The molecule has 0 aliphatic rings. The van der Waals surface area contributed by atoms with Crippen molar-refractivity contribution in [2.45, 2.75) is 13.3 Å². The zero-order valence-electron chi connectivity index (χ0n) is 6.53. The van der Waals surface area contributed by atoms with Crippen molar-refractivity contribution in [1.82, 2.24) is 0 Å². The molecule has 0 saturated heterocycles. The molecule has 1 nitrogen and oxygen atoms in total. The van der Waals surface area contributed by atoms with Gasteiger partial charge in [0.25, 0.3) is 0 Å². The Morgan fingerprint density at radius 2 is 1.67 bits per heavy atom. The Hall–Kier alpha value is -0.190. The maximum absolute atomic E-state index is 3.06. The summed E-state index contributed by atoms with van der Waals surface area (Å²) in [5.74, 6) is 3.01. The van der Waals surface area contributed by atoms with E-state index in [9.17, 15) is 0 Å². The first-order valence-corrected chi connectivity index (χ1v) is 2.88. The number of rotatable bonds is 0.